The highest BCUT2D eigenvalue weighted by Gasteiger charge is 2.34. The Bertz CT molecular complexity index is 554. The zero-order chi connectivity index (χ0) is 14.8. The molecular weight excluding hydrogens is 272 g/mol. The number of anilines is 1. The van der Waals surface area contributed by atoms with Crippen LogP contribution in [0.25, 0.3) is 0 Å². The zero-order valence-electron chi connectivity index (χ0n) is 11.6. The fourth-order valence-electron chi connectivity index (χ4n) is 2.88. The number of amides is 2. The third-order valence-electron chi connectivity index (χ3n) is 3.98. The zero-order valence-corrected chi connectivity index (χ0v) is 11.6. The van der Waals surface area contributed by atoms with Crippen LogP contribution in [-0.4, -0.2) is 35.8 Å². The second-order valence-corrected chi connectivity index (χ2v) is 5.45. The molecule has 1 unspecified atom stereocenters. The van der Waals surface area contributed by atoms with Crippen molar-refractivity contribution in [3.63, 3.8) is 0 Å². The van der Waals surface area contributed by atoms with Gasteiger partial charge in [-0.05, 0) is 25.0 Å². The van der Waals surface area contributed by atoms with Crippen molar-refractivity contribution >= 4 is 17.7 Å². The number of benzene rings is 1. The van der Waals surface area contributed by atoms with E-state index in [2.05, 4.69) is 5.32 Å². The number of hydrogen-bond donors (Lipinski definition) is 2. The fourth-order valence-corrected chi connectivity index (χ4v) is 2.88. The summed E-state index contributed by atoms with van der Waals surface area (Å²) in [4.78, 5) is 25.1. The lowest BCUT2D eigenvalue weighted by atomic mass is 10.2. The number of ether oxygens (including phenoxy) is 1. The lowest BCUT2D eigenvalue weighted by molar-refractivity contribution is -0.144. The maximum Gasteiger partial charge on any atom is 0.346 e. The molecule has 0 radical (unpaired) electrons. The Hall–Kier alpha value is -2.24. The summed E-state index contributed by atoms with van der Waals surface area (Å²) in [5, 5.41) is 12.2. The van der Waals surface area contributed by atoms with E-state index >= 15 is 0 Å². The molecule has 0 spiro atoms. The van der Waals surface area contributed by atoms with Gasteiger partial charge in [0.05, 0.1) is 12.2 Å². The molecule has 3 rings (SSSR count). The molecule has 1 aromatic carbocycles. The summed E-state index contributed by atoms with van der Waals surface area (Å²) in [6.45, 7) is 0.0187. The first-order chi connectivity index (χ1) is 10.1. The van der Waals surface area contributed by atoms with Crippen LogP contribution in [0.4, 0.5) is 10.5 Å². The van der Waals surface area contributed by atoms with Gasteiger partial charge in [0.15, 0.2) is 0 Å². The number of aliphatic carboxylic acids is 1. The van der Waals surface area contributed by atoms with Gasteiger partial charge in [0.2, 0.25) is 6.10 Å². The van der Waals surface area contributed by atoms with Gasteiger partial charge in [-0.25, -0.2) is 9.59 Å². The second kappa shape index (κ2) is 5.63. The Morgan fingerprint density at radius 3 is 2.67 bits per heavy atom. The molecule has 2 N–H and O–H groups in total. The molecule has 0 aromatic heterocycles. The monoisotopic (exact) mass is 290 g/mol. The van der Waals surface area contributed by atoms with Crippen LogP contribution < -0.4 is 15.0 Å². The van der Waals surface area contributed by atoms with Gasteiger partial charge in [0, 0.05) is 6.04 Å². The summed E-state index contributed by atoms with van der Waals surface area (Å²) in [6.07, 6.45) is 3.19. The number of urea groups is 1. The Morgan fingerprint density at radius 1 is 1.24 bits per heavy atom. The molecule has 112 valence electrons. The molecule has 1 aliphatic heterocycles. The normalized spacial score (nSPS) is 21.5. The highest BCUT2D eigenvalue weighted by atomic mass is 16.5. The number of fused-ring (bicyclic) bond motifs is 1. The van der Waals surface area contributed by atoms with Crippen LogP contribution in [0.15, 0.2) is 24.3 Å². The largest absolute Gasteiger partial charge is 0.478 e. The van der Waals surface area contributed by atoms with Gasteiger partial charge in [0.1, 0.15) is 5.75 Å². The molecule has 1 aliphatic carbocycles. The van der Waals surface area contributed by atoms with Gasteiger partial charge in [0.25, 0.3) is 0 Å². The van der Waals surface area contributed by atoms with Gasteiger partial charge in [-0.15, -0.1) is 0 Å². The van der Waals surface area contributed by atoms with Crippen LogP contribution in [-0.2, 0) is 4.79 Å². The minimum absolute atomic E-state index is 0.0187. The standard InChI is InChI=1S/C15H18N2O4/c18-14(19)13-9-17(11-7-3-4-8-12(11)21-13)15(20)16-10-5-1-2-6-10/h3-4,7-8,10,13H,1-2,5-6,9H2,(H,16,20)(H,18,19). The molecule has 6 nitrogen and oxygen atoms in total. The minimum atomic E-state index is -1.07. The minimum Gasteiger partial charge on any atom is -0.478 e. The first-order valence-corrected chi connectivity index (χ1v) is 7.21. The number of carbonyl (C=O) groups is 2. The van der Waals surface area contributed by atoms with Crippen LogP contribution in [0.3, 0.4) is 0 Å². The van der Waals surface area contributed by atoms with Crippen molar-refractivity contribution in [2.45, 2.75) is 37.8 Å². The van der Waals surface area contributed by atoms with Crippen molar-refractivity contribution < 1.29 is 19.4 Å². The van der Waals surface area contributed by atoms with Crippen LogP contribution in [0, 0.1) is 0 Å². The summed E-state index contributed by atoms with van der Waals surface area (Å²) in [6, 6.07) is 6.96. The number of hydrogen-bond acceptors (Lipinski definition) is 3. The number of carbonyl (C=O) groups excluding carboxylic acids is 1. The maximum atomic E-state index is 12.5. The summed E-state index contributed by atoms with van der Waals surface area (Å²) >= 11 is 0. The number of rotatable bonds is 2. The van der Waals surface area contributed by atoms with Crippen molar-refractivity contribution in [1.29, 1.82) is 0 Å². The van der Waals surface area contributed by atoms with Crippen LogP contribution in [0.5, 0.6) is 5.75 Å². The predicted octanol–water partition coefficient (Wildman–Crippen LogP) is 1.99. The molecule has 0 saturated heterocycles. The van der Waals surface area contributed by atoms with Crippen molar-refractivity contribution in [3.05, 3.63) is 24.3 Å². The van der Waals surface area contributed by atoms with Crippen molar-refractivity contribution in [1.82, 2.24) is 5.32 Å². The molecule has 1 saturated carbocycles. The van der Waals surface area contributed by atoms with E-state index in [1.165, 1.54) is 4.90 Å². The summed E-state index contributed by atoms with van der Waals surface area (Å²) < 4.78 is 5.42. The summed E-state index contributed by atoms with van der Waals surface area (Å²) in [5.41, 5.74) is 0.616. The molecule has 1 heterocycles. The number of para-hydroxylation sites is 2. The van der Waals surface area contributed by atoms with Crippen molar-refractivity contribution in [3.8, 4) is 5.75 Å². The second-order valence-electron chi connectivity index (χ2n) is 5.45. The fraction of sp³-hybridized carbons (Fsp3) is 0.467. The average molecular weight is 290 g/mol. The van der Waals surface area contributed by atoms with Gasteiger partial charge in [-0.3, -0.25) is 4.90 Å². The molecule has 6 heteroatoms. The van der Waals surface area contributed by atoms with Gasteiger partial charge in [-0.1, -0.05) is 25.0 Å². The SMILES string of the molecule is O=C(O)C1CN(C(=O)NC2CCCC2)c2ccccc2O1. The van der Waals surface area contributed by atoms with E-state index in [1.807, 2.05) is 0 Å². The van der Waals surface area contributed by atoms with E-state index in [-0.39, 0.29) is 18.6 Å². The maximum absolute atomic E-state index is 12.5. The summed E-state index contributed by atoms with van der Waals surface area (Å²) in [5.74, 6) is -0.638. The third kappa shape index (κ3) is 2.79. The molecule has 2 aliphatic rings. The Labute approximate surface area is 122 Å². The highest BCUT2D eigenvalue weighted by molar-refractivity contribution is 5.95. The first-order valence-electron chi connectivity index (χ1n) is 7.21. The molecule has 1 fully saturated rings. The lowest BCUT2D eigenvalue weighted by Crippen LogP contribution is -2.52. The highest BCUT2D eigenvalue weighted by Crippen LogP contribution is 2.33. The number of carboxylic acid groups (broad SMARTS) is 1. The molecule has 0 bridgehead atoms. The lowest BCUT2D eigenvalue weighted by Gasteiger charge is -2.33. The number of carboxylic acids is 1. The van der Waals surface area contributed by atoms with Crippen LogP contribution in [0.1, 0.15) is 25.7 Å². The van der Waals surface area contributed by atoms with Gasteiger partial charge >= 0.3 is 12.0 Å². The Kier molecular flexibility index (Phi) is 3.68. The van der Waals surface area contributed by atoms with Gasteiger partial charge in [-0.2, -0.15) is 0 Å². The third-order valence-corrected chi connectivity index (χ3v) is 3.98. The molecular formula is C15H18N2O4. The van der Waals surface area contributed by atoms with Crippen molar-refractivity contribution in [2.75, 3.05) is 11.4 Å². The Morgan fingerprint density at radius 2 is 1.95 bits per heavy atom. The number of nitrogens with zero attached hydrogens (tertiary/aromatic N) is 1. The quantitative estimate of drug-likeness (QED) is 0.873. The average Bonchev–Trinajstić information content (AvgIpc) is 2.98. The smallest absolute Gasteiger partial charge is 0.346 e. The van der Waals surface area contributed by atoms with E-state index in [9.17, 15) is 9.59 Å². The summed E-state index contributed by atoms with van der Waals surface area (Å²) in [7, 11) is 0. The van der Waals surface area contributed by atoms with E-state index in [0.717, 1.165) is 25.7 Å². The van der Waals surface area contributed by atoms with Crippen molar-refractivity contribution in [2.24, 2.45) is 0 Å². The molecule has 1 aromatic rings. The topological polar surface area (TPSA) is 78.9 Å². The van der Waals surface area contributed by atoms with Gasteiger partial charge < -0.3 is 15.2 Å². The molecule has 1 atom stereocenters. The predicted molar refractivity (Wildman–Crippen MR) is 76.6 cm³/mol. The van der Waals surface area contributed by atoms with E-state index in [1.54, 1.807) is 24.3 Å². The van der Waals surface area contributed by atoms with E-state index < -0.39 is 12.1 Å². The Balaban J connectivity index is 1.81. The number of nitrogens with one attached hydrogen (secondary N) is 1. The molecule has 21 heavy (non-hydrogen) atoms. The first kappa shape index (κ1) is 13.7. The van der Waals surface area contributed by atoms with Crippen LogP contribution in [0.2, 0.25) is 0 Å². The molecule has 2 amide bonds. The van der Waals surface area contributed by atoms with E-state index in [0.29, 0.717) is 11.4 Å². The van der Waals surface area contributed by atoms with Crippen LogP contribution >= 0.6 is 0 Å². The van der Waals surface area contributed by atoms with E-state index in [4.69, 9.17) is 9.84 Å².